The lowest BCUT2D eigenvalue weighted by molar-refractivity contribution is 0.0598. The third kappa shape index (κ3) is 3.96. The number of imidazole rings is 1. The third-order valence-corrected chi connectivity index (χ3v) is 5.96. The van der Waals surface area contributed by atoms with Crippen molar-refractivity contribution in [3.63, 3.8) is 0 Å². The van der Waals surface area contributed by atoms with Crippen LogP contribution in [-0.4, -0.2) is 29.3 Å². The lowest BCUT2D eigenvalue weighted by Gasteiger charge is -2.10. The van der Waals surface area contributed by atoms with Crippen LogP contribution in [0, 0.1) is 5.92 Å². The fourth-order valence-electron chi connectivity index (χ4n) is 4.07. The average molecular weight is 453 g/mol. The number of H-pyrrole nitrogens is 1. The number of benzene rings is 2. The van der Waals surface area contributed by atoms with Crippen LogP contribution in [0.15, 0.2) is 75.3 Å². The van der Waals surface area contributed by atoms with E-state index in [0.717, 1.165) is 35.4 Å². The number of rotatable bonds is 4. The van der Waals surface area contributed by atoms with Gasteiger partial charge in [0.1, 0.15) is 5.58 Å². The normalized spacial score (nSPS) is 15.7. The van der Waals surface area contributed by atoms with Crippen LogP contribution in [-0.2, 0) is 4.74 Å². The summed E-state index contributed by atoms with van der Waals surface area (Å²) < 4.78 is 11.0. The topological polar surface area (TPSA) is 97.5 Å². The molecule has 5 rings (SSSR count). The number of hydrogen-bond donors (Lipinski definition) is 1. The monoisotopic (exact) mass is 453 g/mol. The number of aromatic nitrogens is 2. The first-order valence-corrected chi connectivity index (χ1v) is 11.1. The zero-order valence-corrected chi connectivity index (χ0v) is 18.9. The Morgan fingerprint density at radius 3 is 2.62 bits per heavy atom. The van der Waals surface area contributed by atoms with Gasteiger partial charge in [-0.05, 0) is 42.5 Å². The van der Waals surface area contributed by atoms with E-state index in [9.17, 15) is 9.59 Å². The Bertz CT molecular complexity index is 1480. The Kier molecular flexibility index (Phi) is 5.67. The number of fused-ring (bicyclic) bond motifs is 1. The summed E-state index contributed by atoms with van der Waals surface area (Å²) in [5.74, 6) is -0.125. The van der Waals surface area contributed by atoms with Gasteiger partial charge in [0, 0.05) is 17.3 Å². The standard InChI is InChI=1S/C27H23N3O4/c1-16-4-3-5-21(29-13-16)17-6-8-18(9-7-17)26-24(27(32)33-2)25(31)20-12-19(10-11-23(20)34-26)22-14-28-15-30-22/h5-16H,3-4H2,1-2H3,(H,28,30). The first-order chi connectivity index (χ1) is 16.5. The van der Waals surface area contributed by atoms with E-state index in [4.69, 9.17) is 9.15 Å². The number of carbonyl (C=O) groups is 1. The van der Waals surface area contributed by atoms with Crippen molar-refractivity contribution in [1.82, 2.24) is 9.97 Å². The number of esters is 1. The first-order valence-electron chi connectivity index (χ1n) is 11.1. The highest BCUT2D eigenvalue weighted by Crippen LogP contribution is 2.30. The molecule has 0 amide bonds. The van der Waals surface area contributed by atoms with Crippen LogP contribution < -0.4 is 5.43 Å². The Morgan fingerprint density at radius 1 is 1.12 bits per heavy atom. The maximum absolute atomic E-state index is 13.4. The second kappa shape index (κ2) is 8.94. The fraction of sp³-hybridized carbons (Fsp3) is 0.185. The molecule has 34 heavy (non-hydrogen) atoms. The molecular weight excluding hydrogens is 430 g/mol. The smallest absolute Gasteiger partial charge is 0.345 e. The second-order valence-corrected chi connectivity index (χ2v) is 8.30. The number of aliphatic imine (C=N–C) groups is 1. The van der Waals surface area contributed by atoms with Crippen molar-refractivity contribution in [2.45, 2.75) is 19.8 Å². The van der Waals surface area contributed by atoms with Gasteiger partial charge < -0.3 is 14.1 Å². The van der Waals surface area contributed by atoms with Crippen LogP contribution in [0.2, 0.25) is 0 Å². The number of allylic oxidation sites excluding steroid dienone is 1. The molecule has 0 spiro atoms. The summed E-state index contributed by atoms with van der Waals surface area (Å²) in [6, 6.07) is 12.7. The van der Waals surface area contributed by atoms with Gasteiger partial charge in [0.05, 0.1) is 36.4 Å². The molecule has 0 saturated heterocycles. The largest absolute Gasteiger partial charge is 0.465 e. The SMILES string of the molecule is COC(=O)c1c(-c2ccc(C3=CCCC(C)C=N3)cc2)oc2ccc(-c3cnc[nH]3)cc2c1=O. The lowest BCUT2D eigenvalue weighted by atomic mass is 10.0. The van der Waals surface area contributed by atoms with E-state index >= 15 is 0 Å². The third-order valence-electron chi connectivity index (χ3n) is 5.96. The van der Waals surface area contributed by atoms with Crippen LogP contribution in [0.5, 0.6) is 0 Å². The molecule has 1 unspecified atom stereocenters. The van der Waals surface area contributed by atoms with Gasteiger partial charge in [-0.2, -0.15) is 0 Å². The van der Waals surface area contributed by atoms with Crippen molar-refractivity contribution >= 4 is 28.9 Å². The number of aromatic amines is 1. The zero-order chi connectivity index (χ0) is 23.7. The maximum atomic E-state index is 13.4. The first kappa shape index (κ1) is 21.6. The predicted octanol–water partition coefficient (Wildman–Crippen LogP) is 5.48. The molecule has 2 aromatic heterocycles. The average Bonchev–Trinajstić information content (AvgIpc) is 3.32. The molecule has 1 aliphatic rings. The summed E-state index contributed by atoms with van der Waals surface area (Å²) in [7, 11) is 1.25. The summed E-state index contributed by atoms with van der Waals surface area (Å²) in [6.07, 6.45) is 9.35. The number of carbonyl (C=O) groups excluding carboxylic acids is 1. The molecule has 1 atom stereocenters. The number of ether oxygens (including phenoxy) is 1. The van der Waals surface area contributed by atoms with Gasteiger partial charge in [-0.25, -0.2) is 9.78 Å². The van der Waals surface area contributed by atoms with Crippen LogP contribution in [0.4, 0.5) is 0 Å². The van der Waals surface area contributed by atoms with E-state index < -0.39 is 11.4 Å². The summed E-state index contributed by atoms with van der Waals surface area (Å²) >= 11 is 0. The molecular formula is C27H23N3O4. The van der Waals surface area contributed by atoms with Crippen molar-refractivity contribution in [3.8, 4) is 22.6 Å². The second-order valence-electron chi connectivity index (χ2n) is 8.30. The molecule has 0 bridgehead atoms. The molecule has 7 heteroatoms. The number of methoxy groups -OCH3 is 1. The summed E-state index contributed by atoms with van der Waals surface area (Å²) in [6.45, 7) is 2.15. The highest BCUT2D eigenvalue weighted by atomic mass is 16.5. The molecule has 0 radical (unpaired) electrons. The van der Waals surface area contributed by atoms with E-state index in [0.29, 0.717) is 22.5 Å². The van der Waals surface area contributed by atoms with Crippen molar-refractivity contribution in [2.24, 2.45) is 10.9 Å². The molecule has 7 nitrogen and oxygen atoms in total. The molecule has 3 heterocycles. The van der Waals surface area contributed by atoms with E-state index in [1.54, 1.807) is 24.7 Å². The minimum absolute atomic E-state index is 0.134. The van der Waals surface area contributed by atoms with Gasteiger partial charge in [-0.15, -0.1) is 0 Å². The minimum Gasteiger partial charge on any atom is -0.465 e. The predicted molar refractivity (Wildman–Crippen MR) is 132 cm³/mol. The van der Waals surface area contributed by atoms with Crippen molar-refractivity contribution in [2.75, 3.05) is 7.11 Å². The van der Waals surface area contributed by atoms with Gasteiger partial charge in [0.2, 0.25) is 5.43 Å². The molecule has 170 valence electrons. The molecule has 4 aromatic rings. The van der Waals surface area contributed by atoms with Crippen LogP contribution in [0.3, 0.4) is 0 Å². The fourth-order valence-corrected chi connectivity index (χ4v) is 4.07. The van der Waals surface area contributed by atoms with Crippen LogP contribution in [0.25, 0.3) is 39.2 Å². The Balaban J connectivity index is 1.62. The highest BCUT2D eigenvalue weighted by molar-refractivity contribution is 5.99. The summed E-state index contributed by atoms with van der Waals surface area (Å²) in [5, 5.41) is 0.292. The molecule has 2 aromatic carbocycles. The van der Waals surface area contributed by atoms with Gasteiger partial charge in [0.25, 0.3) is 0 Å². The Labute approximate surface area is 195 Å². The Morgan fingerprint density at radius 2 is 1.88 bits per heavy atom. The van der Waals surface area contributed by atoms with E-state index in [1.165, 1.54) is 7.11 Å². The van der Waals surface area contributed by atoms with E-state index in [2.05, 4.69) is 28.0 Å². The van der Waals surface area contributed by atoms with Gasteiger partial charge >= 0.3 is 5.97 Å². The molecule has 0 fully saturated rings. The maximum Gasteiger partial charge on any atom is 0.345 e. The van der Waals surface area contributed by atoms with Gasteiger partial charge in [0.15, 0.2) is 11.3 Å². The summed E-state index contributed by atoms with van der Waals surface area (Å²) in [4.78, 5) is 37.7. The number of nitrogens with zero attached hydrogens (tertiary/aromatic N) is 2. The molecule has 1 aliphatic heterocycles. The summed E-state index contributed by atoms with van der Waals surface area (Å²) in [5.41, 5.74) is 3.79. The number of nitrogens with one attached hydrogen (secondary N) is 1. The Hall–Kier alpha value is -4.26. The number of hydrogen-bond acceptors (Lipinski definition) is 6. The lowest BCUT2D eigenvalue weighted by Crippen LogP contribution is -2.18. The molecule has 0 saturated carbocycles. The van der Waals surface area contributed by atoms with Crippen LogP contribution >= 0.6 is 0 Å². The molecule has 1 N–H and O–H groups in total. The van der Waals surface area contributed by atoms with E-state index in [1.807, 2.05) is 36.5 Å². The van der Waals surface area contributed by atoms with Gasteiger partial charge in [-0.1, -0.05) is 37.3 Å². The zero-order valence-electron chi connectivity index (χ0n) is 18.9. The minimum atomic E-state index is -0.744. The highest BCUT2D eigenvalue weighted by Gasteiger charge is 2.23. The molecule has 0 aliphatic carbocycles. The van der Waals surface area contributed by atoms with Gasteiger partial charge in [-0.3, -0.25) is 9.79 Å². The van der Waals surface area contributed by atoms with Crippen molar-refractivity contribution < 1.29 is 13.9 Å². The quantitative estimate of drug-likeness (QED) is 0.413. The van der Waals surface area contributed by atoms with Crippen molar-refractivity contribution in [3.05, 3.63) is 82.4 Å². The van der Waals surface area contributed by atoms with Crippen LogP contribution in [0.1, 0.15) is 35.7 Å². The van der Waals surface area contributed by atoms with E-state index in [-0.39, 0.29) is 11.3 Å². The van der Waals surface area contributed by atoms with Crippen molar-refractivity contribution in [1.29, 1.82) is 0 Å².